The highest BCUT2D eigenvalue weighted by molar-refractivity contribution is 9.08. The molecule has 0 spiro atoms. The summed E-state index contributed by atoms with van der Waals surface area (Å²) >= 11 is 3.36. The molecule has 0 saturated carbocycles. The lowest BCUT2D eigenvalue weighted by molar-refractivity contribution is 0.0949. The first-order valence-electron chi connectivity index (χ1n) is 5.74. The Morgan fingerprint density at radius 3 is 2.59 bits per heavy atom. The molecule has 1 aromatic rings. The summed E-state index contributed by atoms with van der Waals surface area (Å²) in [6.45, 7) is 2.35. The van der Waals surface area contributed by atoms with Gasteiger partial charge in [-0.15, -0.1) is 0 Å². The molecule has 3 nitrogen and oxygen atoms in total. The Hall–Kier alpha value is -0.870. The number of rotatable bonds is 6. The van der Waals surface area contributed by atoms with Crippen LogP contribution in [0.1, 0.15) is 35.7 Å². The van der Waals surface area contributed by atoms with Gasteiger partial charge < -0.3 is 10.4 Å². The van der Waals surface area contributed by atoms with E-state index in [0.717, 1.165) is 17.3 Å². The van der Waals surface area contributed by atoms with Gasteiger partial charge in [-0.25, -0.2) is 0 Å². The molecule has 1 rings (SSSR count). The minimum absolute atomic E-state index is 0.0586. The SMILES string of the molecule is CC(O)CCCNC(=O)c1ccc(CBr)cc1. The van der Waals surface area contributed by atoms with Crippen molar-refractivity contribution in [2.24, 2.45) is 0 Å². The van der Waals surface area contributed by atoms with Crippen molar-refractivity contribution in [3.05, 3.63) is 35.4 Å². The quantitative estimate of drug-likeness (QED) is 0.626. The number of amides is 1. The number of carbonyl (C=O) groups is 1. The van der Waals surface area contributed by atoms with Crippen LogP contribution in [0.3, 0.4) is 0 Å². The summed E-state index contributed by atoms with van der Waals surface area (Å²) in [4.78, 5) is 11.7. The number of aliphatic hydroxyl groups excluding tert-OH is 1. The molecule has 1 unspecified atom stereocenters. The minimum atomic E-state index is -0.301. The van der Waals surface area contributed by atoms with Crippen molar-refractivity contribution < 1.29 is 9.90 Å². The minimum Gasteiger partial charge on any atom is -0.393 e. The highest BCUT2D eigenvalue weighted by Gasteiger charge is 2.04. The van der Waals surface area contributed by atoms with Crippen molar-refractivity contribution >= 4 is 21.8 Å². The van der Waals surface area contributed by atoms with E-state index in [4.69, 9.17) is 5.11 Å². The summed E-state index contributed by atoms with van der Waals surface area (Å²) < 4.78 is 0. The van der Waals surface area contributed by atoms with E-state index in [9.17, 15) is 4.79 Å². The first-order chi connectivity index (χ1) is 8.13. The van der Waals surface area contributed by atoms with Crippen LogP contribution in [0, 0.1) is 0 Å². The molecule has 0 aliphatic carbocycles. The molecule has 0 heterocycles. The lowest BCUT2D eigenvalue weighted by atomic mass is 10.1. The van der Waals surface area contributed by atoms with E-state index in [1.165, 1.54) is 0 Å². The molecule has 2 N–H and O–H groups in total. The van der Waals surface area contributed by atoms with Crippen LogP contribution >= 0.6 is 15.9 Å². The molecule has 0 bridgehead atoms. The first kappa shape index (κ1) is 14.2. The first-order valence-corrected chi connectivity index (χ1v) is 6.87. The predicted molar refractivity (Wildman–Crippen MR) is 72.3 cm³/mol. The molecule has 0 aliphatic heterocycles. The van der Waals surface area contributed by atoms with Gasteiger partial charge in [0, 0.05) is 17.4 Å². The molecule has 0 fully saturated rings. The fourth-order valence-corrected chi connectivity index (χ4v) is 1.82. The fourth-order valence-electron chi connectivity index (χ4n) is 1.45. The number of hydrogen-bond donors (Lipinski definition) is 2. The third-order valence-electron chi connectivity index (χ3n) is 2.45. The summed E-state index contributed by atoms with van der Waals surface area (Å²) in [6, 6.07) is 7.50. The second-order valence-corrected chi connectivity index (χ2v) is 4.64. The Bertz CT molecular complexity index is 349. The van der Waals surface area contributed by atoms with E-state index in [1.807, 2.05) is 24.3 Å². The van der Waals surface area contributed by atoms with Gasteiger partial charge in [-0.3, -0.25) is 4.79 Å². The fraction of sp³-hybridized carbons (Fsp3) is 0.462. The molecule has 17 heavy (non-hydrogen) atoms. The molecule has 1 amide bonds. The standard InChI is InChI=1S/C13H18BrNO2/c1-10(16)3-2-8-15-13(17)12-6-4-11(9-14)5-7-12/h4-7,10,16H,2-3,8-9H2,1H3,(H,15,17). The predicted octanol–water partition coefficient (Wildman–Crippen LogP) is 2.47. The van der Waals surface area contributed by atoms with Gasteiger partial charge >= 0.3 is 0 Å². The lowest BCUT2D eigenvalue weighted by Crippen LogP contribution is -2.25. The van der Waals surface area contributed by atoms with Crippen LogP contribution in [0.25, 0.3) is 0 Å². The zero-order valence-corrected chi connectivity index (χ0v) is 11.5. The maximum atomic E-state index is 11.7. The Balaban J connectivity index is 2.36. The van der Waals surface area contributed by atoms with E-state index in [1.54, 1.807) is 6.92 Å². The molecule has 4 heteroatoms. The van der Waals surface area contributed by atoms with E-state index >= 15 is 0 Å². The highest BCUT2D eigenvalue weighted by atomic mass is 79.9. The van der Waals surface area contributed by atoms with Crippen LogP contribution in [0.5, 0.6) is 0 Å². The molecular formula is C13H18BrNO2. The number of alkyl halides is 1. The highest BCUT2D eigenvalue weighted by Crippen LogP contribution is 2.07. The van der Waals surface area contributed by atoms with Gasteiger partial charge in [0.1, 0.15) is 0 Å². The summed E-state index contributed by atoms with van der Waals surface area (Å²) in [5.74, 6) is -0.0586. The second-order valence-electron chi connectivity index (χ2n) is 4.08. The van der Waals surface area contributed by atoms with Crippen molar-refractivity contribution in [1.82, 2.24) is 5.32 Å². The zero-order chi connectivity index (χ0) is 12.7. The van der Waals surface area contributed by atoms with Crippen molar-refractivity contribution in [2.45, 2.75) is 31.2 Å². The topological polar surface area (TPSA) is 49.3 Å². The Kier molecular flexibility index (Phi) is 6.22. The molecular weight excluding hydrogens is 282 g/mol. The van der Waals surface area contributed by atoms with E-state index in [2.05, 4.69) is 21.2 Å². The molecule has 1 aromatic carbocycles. The van der Waals surface area contributed by atoms with Crippen LogP contribution in [-0.2, 0) is 5.33 Å². The van der Waals surface area contributed by atoms with E-state index in [0.29, 0.717) is 18.5 Å². The number of benzene rings is 1. The van der Waals surface area contributed by atoms with Crippen LogP contribution in [0.4, 0.5) is 0 Å². The van der Waals surface area contributed by atoms with Crippen LogP contribution in [0.15, 0.2) is 24.3 Å². The third-order valence-corrected chi connectivity index (χ3v) is 3.10. The average molecular weight is 300 g/mol. The summed E-state index contributed by atoms with van der Waals surface area (Å²) in [6.07, 6.45) is 1.20. The number of aliphatic hydroxyl groups is 1. The maximum Gasteiger partial charge on any atom is 0.251 e. The zero-order valence-electron chi connectivity index (χ0n) is 9.95. The molecule has 0 radical (unpaired) electrons. The Morgan fingerprint density at radius 1 is 1.41 bits per heavy atom. The number of nitrogens with one attached hydrogen (secondary N) is 1. The van der Waals surface area contributed by atoms with Gasteiger partial charge in [0.05, 0.1) is 6.10 Å². The molecule has 94 valence electrons. The van der Waals surface area contributed by atoms with Gasteiger partial charge in [-0.1, -0.05) is 28.1 Å². The third kappa shape index (κ3) is 5.33. The van der Waals surface area contributed by atoms with Crippen molar-refractivity contribution in [3.8, 4) is 0 Å². The summed E-state index contributed by atoms with van der Waals surface area (Å²) in [5.41, 5.74) is 1.82. The molecule has 0 aromatic heterocycles. The Morgan fingerprint density at radius 2 is 2.06 bits per heavy atom. The summed E-state index contributed by atoms with van der Waals surface area (Å²) in [7, 11) is 0. The maximum absolute atomic E-state index is 11.7. The number of halogens is 1. The molecule has 1 atom stereocenters. The van der Waals surface area contributed by atoms with Gasteiger partial charge in [0.15, 0.2) is 0 Å². The normalized spacial score (nSPS) is 12.2. The largest absolute Gasteiger partial charge is 0.393 e. The number of carbonyl (C=O) groups excluding carboxylic acids is 1. The molecule has 0 saturated heterocycles. The van der Waals surface area contributed by atoms with Crippen LogP contribution < -0.4 is 5.32 Å². The molecule has 0 aliphatic rings. The van der Waals surface area contributed by atoms with E-state index in [-0.39, 0.29) is 12.0 Å². The summed E-state index contributed by atoms with van der Waals surface area (Å²) in [5, 5.41) is 12.7. The van der Waals surface area contributed by atoms with Crippen LogP contribution in [0.2, 0.25) is 0 Å². The number of hydrogen-bond acceptors (Lipinski definition) is 2. The Labute approximate surface area is 110 Å². The lowest BCUT2D eigenvalue weighted by Gasteiger charge is -2.06. The smallest absolute Gasteiger partial charge is 0.251 e. The van der Waals surface area contributed by atoms with Crippen molar-refractivity contribution in [1.29, 1.82) is 0 Å². The van der Waals surface area contributed by atoms with Crippen molar-refractivity contribution in [3.63, 3.8) is 0 Å². The monoisotopic (exact) mass is 299 g/mol. The van der Waals surface area contributed by atoms with Gasteiger partial charge in [0.25, 0.3) is 5.91 Å². The van der Waals surface area contributed by atoms with Gasteiger partial charge in [0.2, 0.25) is 0 Å². The van der Waals surface area contributed by atoms with Gasteiger partial charge in [-0.2, -0.15) is 0 Å². The average Bonchev–Trinajstić information content (AvgIpc) is 2.34. The van der Waals surface area contributed by atoms with Crippen LogP contribution in [-0.4, -0.2) is 23.7 Å². The van der Waals surface area contributed by atoms with Gasteiger partial charge in [-0.05, 0) is 37.5 Å². The second kappa shape index (κ2) is 7.45. The van der Waals surface area contributed by atoms with Crippen molar-refractivity contribution in [2.75, 3.05) is 6.54 Å². The van der Waals surface area contributed by atoms with E-state index < -0.39 is 0 Å².